The first kappa shape index (κ1) is 8.84. The Morgan fingerprint density at radius 2 is 2.50 bits per heavy atom. The Morgan fingerprint density at radius 1 is 1.75 bits per heavy atom. The molecule has 0 bridgehead atoms. The molecule has 0 saturated heterocycles. The normalized spacial score (nSPS) is 15.8. The number of carbonyl (C=O) groups excluding carboxylic acids is 1. The van der Waals surface area contributed by atoms with Crippen LogP contribution in [-0.2, 0) is 9.53 Å². The number of allylic oxidation sites excluding steroid dienone is 1. The van der Waals surface area contributed by atoms with E-state index in [1.807, 2.05) is 23.3 Å². The molecule has 0 atom stereocenters. The molecule has 1 aliphatic heterocycles. The first-order valence-electron chi connectivity index (χ1n) is 3.88. The molecule has 0 radical (unpaired) electrons. The number of carbonyl (C=O) groups is 1. The van der Waals surface area contributed by atoms with E-state index in [-0.39, 0.29) is 5.78 Å². The van der Waals surface area contributed by atoms with E-state index in [9.17, 15) is 4.79 Å². The second-order valence-electron chi connectivity index (χ2n) is 2.76. The Hall–Kier alpha value is -1.25. The Labute approximate surface area is 72.3 Å². The number of ether oxygens (including phenoxy) is 1. The van der Waals surface area contributed by atoms with Crippen LogP contribution in [0, 0.1) is 0 Å². The SMILES string of the molecule is COC1=CCN(CC(C)=O)C=C1. The molecule has 66 valence electrons. The second kappa shape index (κ2) is 3.95. The lowest BCUT2D eigenvalue weighted by atomic mass is 10.3. The molecule has 0 aromatic heterocycles. The number of hydrogen-bond acceptors (Lipinski definition) is 3. The standard InChI is InChI=1S/C9H13NO2/c1-8(11)7-10-5-3-9(12-2)4-6-10/h3-5H,6-7H2,1-2H3. The summed E-state index contributed by atoms with van der Waals surface area (Å²) in [5.74, 6) is 1.03. The third-order valence-corrected chi connectivity index (χ3v) is 1.64. The molecule has 0 aromatic carbocycles. The molecule has 0 aliphatic carbocycles. The maximum atomic E-state index is 10.7. The van der Waals surface area contributed by atoms with Gasteiger partial charge in [0.15, 0.2) is 0 Å². The Bertz CT molecular complexity index is 231. The molecule has 0 saturated carbocycles. The summed E-state index contributed by atoms with van der Waals surface area (Å²) in [5, 5.41) is 0. The van der Waals surface area contributed by atoms with Crippen molar-refractivity contribution in [2.24, 2.45) is 0 Å². The summed E-state index contributed by atoms with van der Waals surface area (Å²) in [6, 6.07) is 0. The highest BCUT2D eigenvalue weighted by atomic mass is 16.5. The number of nitrogens with zero attached hydrogens (tertiary/aromatic N) is 1. The lowest BCUT2D eigenvalue weighted by Crippen LogP contribution is -2.25. The van der Waals surface area contributed by atoms with Crippen LogP contribution in [-0.4, -0.2) is 30.9 Å². The van der Waals surface area contributed by atoms with E-state index in [0.717, 1.165) is 12.3 Å². The molecule has 0 aromatic rings. The molecular formula is C9H13NO2. The van der Waals surface area contributed by atoms with E-state index >= 15 is 0 Å². The summed E-state index contributed by atoms with van der Waals surface area (Å²) < 4.78 is 5.01. The Kier molecular flexibility index (Phi) is 2.91. The van der Waals surface area contributed by atoms with Crippen LogP contribution in [0.15, 0.2) is 24.1 Å². The van der Waals surface area contributed by atoms with Crippen LogP contribution in [0.25, 0.3) is 0 Å². The fourth-order valence-corrected chi connectivity index (χ4v) is 1.07. The highest BCUT2D eigenvalue weighted by Gasteiger charge is 2.05. The van der Waals surface area contributed by atoms with Crippen LogP contribution >= 0.6 is 0 Å². The molecule has 0 amide bonds. The predicted octanol–water partition coefficient (Wildman–Crippen LogP) is 0.935. The minimum atomic E-state index is 0.175. The van der Waals surface area contributed by atoms with Gasteiger partial charge >= 0.3 is 0 Å². The third kappa shape index (κ3) is 2.42. The van der Waals surface area contributed by atoms with Gasteiger partial charge in [-0.3, -0.25) is 4.79 Å². The van der Waals surface area contributed by atoms with Crippen molar-refractivity contribution in [1.82, 2.24) is 4.90 Å². The number of methoxy groups -OCH3 is 1. The first-order valence-corrected chi connectivity index (χ1v) is 3.88. The van der Waals surface area contributed by atoms with E-state index in [2.05, 4.69) is 0 Å². The van der Waals surface area contributed by atoms with Gasteiger partial charge in [-0.1, -0.05) is 0 Å². The highest BCUT2D eigenvalue weighted by molar-refractivity contribution is 5.77. The summed E-state index contributed by atoms with van der Waals surface area (Å²) in [6.07, 6.45) is 5.68. The van der Waals surface area contributed by atoms with E-state index in [1.165, 1.54) is 0 Å². The smallest absolute Gasteiger partial charge is 0.149 e. The molecule has 3 heteroatoms. The zero-order valence-corrected chi connectivity index (χ0v) is 7.41. The van der Waals surface area contributed by atoms with Crippen molar-refractivity contribution in [3.63, 3.8) is 0 Å². The average Bonchev–Trinajstić information content (AvgIpc) is 2.05. The van der Waals surface area contributed by atoms with Crippen molar-refractivity contribution in [3.05, 3.63) is 24.1 Å². The molecule has 0 fully saturated rings. The summed E-state index contributed by atoms with van der Waals surface area (Å²) >= 11 is 0. The van der Waals surface area contributed by atoms with E-state index in [1.54, 1.807) is 14.0 Å². The van der Waals surface area contributed by atoms with Gasteiger partial charge in [-0.2, -0.15) is 0 Å². The van der Waals surface area contributed by atoms with Crippen LogP contribution in [0.3, 0.4) is 0 Å². The number of ketones is 1. The van der Waals surface area contributed by atoms with E-state index < -0.39 is 0 Å². The maximum absolute atomic E-state index is 10.7. The predicted molar refractivity (Wildman–Crippen MR) is 46.5 cm³/mol. The minimum Gasteiger partial charge on any atom is -0.497 e. The fourth-order valence-electron chi connectivity index (χ4n) is 1.07. The summed E-state index contributed by atoms with van der Waals surface area (Å²) in [5.41, 5.74) is 0. The molecule has 12 heavy (non-hydrogen) atoms. The topological polar surface area (TPSA) is 29.5 Å². The van der Waals surface area contributed by atoms with Crippen molar-refractivity contribution in [2.45, 2.75) is 6.92 Å². The quantitative estimate of drug-likeness (QED) is 0.626. The summed E-state index contributed by atoms with van der Waals surface area (Å²) in [7, 11) is 1.64. The molecule has 3 nitrogen and oxygen atoms in total. The van der Waals surface area contributed by atoms with Gasteiger partial charge in [-0.25, -0.2) is 0 Å². The highest BCUT2D eigenvalue weighted by Crippen LogP contribution is 2.06. The van der Waals surface area contributed by atoms with Gasteiger partial charge in [0.2, 0.25) is 0 Å². The van der Waals surface area contributed by atoms with E-state index in [4.69, 9.17) is 4.74 Å². The number of hydrogen-bond donors (Lipinski definition) is 0. The van der Waals surface area contributed by atoms with Crippen LogP contribution in [0.4, 0.5) is 0 Å². The number of Topliss-reactive ketones (excluding diaryl/α,β-unsaturated/α-hetero) is 1. The molecule has 0 N–H and O–H groups in total. The minimum absolute atomic E-state index is 0.175. The van der Waals surface area contributed by atoms with Gasteiger partial charge in [-0.05, 0) is 19.1 Å². The molecule has 1 rings (SSSR count). The summed E-state index contributed by atoms with van der Waals surface area (Å²) in [6.45, 7) is 2.81. The van der Waals surface area contributed by atoms with Crippen molar-refractivity contribution in [3.8, 4) is 0 Å². The molecule has 1 aliphatic rings. The monoisotopic (exact) mass is 167 g/mol. The van der Waals surface area contributed by atoms with Crippen molar-refractivity contribution in [1.29, 1.82) is 0 Å². The second-order valence-corrected chi connectivity index (χ2v) is 2.76. The van der Waals surface area contributed by atoms with Gasteiger partial charge in [0, 0.05) is 12.7 Å². The van der Waals surface area contributed by atoms with Gasteiger partial charge in [-0.15, -0.1) is 0 Å². The first-order chi connectivity index (χ1) is 5.72. The summed E-state index contributed by atoms with van der Waals surface area (Å²) in [4.78, 5) is 12.7. The third-order valence-electron chi connectivity index (χ3n) is 1.64. The molecular weight excluding hydrogens is 154 g/mol. The fraction of sp³-hybridized carbons (Fsp3) is 0.444. The van der Waals surface area contributed by atoms with Crippen molar-refractivity contribution < 1.29 is 9.53 Å². The lowest BCUT2D eigenvalue weighted by Gasteiger charge is -2.20. The zero-order chi connectivity index (χ0) is 8.97. The Balaban J connectivity index is 2.43. The molecule has 0 spiro atoms. The average molecular weight is 167 g/mol. The van der Waals surface area contributed by atoms with E-state index in [0.29, 0.717) is 6.54 Å². The largest absolute Gasteiger partial charge is 0.497 e. The van der Waals surface area contributed by atoms with Crippen LogP contribution in [0.2, 0.25) is 0 Å². The van der Waals surface area contributed by atoms with Gasteiger partial charge < -0.3 is 9.64 Å². The van der Waals surface area contributed by atoms with Crippen LogP contribution < -0.4 is 0 Å². The maximum Gasteiger partial charge on any atom is 0.149 e. The lowest BCUT2D eigenvalue weighted by molar-refractivity contribution is -0.117. The molecule has 0 unspecified atom stereocenters. The van der Waals surface area contributed by atoms with Gasteiger partial charge in [0.05, 0.1) is 13.7 Å². The van der Waals surface area contributed by atoms with Crippen molar-refractivity contribution in [2.75, 3.05) is 20.2 Å². The van der Waals surface area contributed by atoms with Gasteiger partial charge in [0.1, 0.15) is 11.5 Å². The van der Waals surface area contributed by atoms with Crippen LogP contribution in [0.5, 0.6) is 0 Å². The van der Waals surface area contributed by atoms with Crippen molar-refractivity contribution >= 4 is 5.78 Å². The Morgan fingerprint density at radius 3 is 2.92 bits per heavy atom. The van der Waals surface area contributed by atoms with Crippen LogP contribution in [0.1, 0.15) is 6.92 Å². The zero-order valence-electron chi connectivity index (χ0n) is 7.41. The number of rotatable bonds is 3. The molecule has 1 heterocycles. The van der Waals surface area contributed by atoms with Gasteiger partial charge in [0.25, 0.3) is 0 Å².